The molecule has 0 spiro atoms. The summed E-state index contributed by atoms with van der Waals surface area (Å²) in [4.78, 5) is 0. The van der Waals surface area contributed by atoms with E-state index < -0.39 is 24.2 Å². The molecule has 0 heterocycles. The molecule has 1 rings (SSSR count). The van der Waals surface area contributed by atoms with E-state index in [0.717, 1.165) is 18.2 Å². The zero-order valence-corrected chi connectivity index (χ0v) is 8.35. The standard InChI is InChI=1S/C10H5BF2N2O2/c12-9-7(3-6(4-14)5-15)1-2-8(10(9)13)11(16)17/h1-3,16-17H. The summed E-state index contributed by atoms with van der Waals surface area (Å²) in [5, 5.41) is 34.4. The molecule has 84 valence electrons. The summed E-state index contributed by atoms with van der Waals surface area (Å²) in [6, 6.07) is 5.00. The first-order valence-corrected chi connectivity index (χ1v) is 4.37. The van der Waals surface area contributed by atoms with Gasteiger partial charge in [-0.2, -0.15) is 10.5 Å². The van der Waals surface area contributed by atoms with Gasteiger partial charge in [-0.15, -0.1) is 0 Å². The number of nitriles is 2. The summed E-state index contributed by atoms with van der Waals surface area (Å²) in [6.07, 6.45) is 0.867. The molecule has 0 bridgehead atoms. The minimum absolute atomic E-state index is 0.315. The molecule has 0 atom stereocenters. The highest BCUT2D eigenvalue weighted by Gasteiger charge is 2.21. The van der Waals surface area contributed by atoms with Gasteiger partial charge in [0.25, 0.3) is 0 Å². The van der Waals surface area contributed by atoms with Crippen LogP contribution in [0, 0.1) is 34.3 Å². The number of rotatable bonds is 2. The van der Waals surface area contributed by atoms with Crippen LogP contribution in [0.1, 0.15) is 5.56 Å². The van der Waals surface area contributed by atoms with Gasteiger partial charge in [0.2, 0.25) is 0 Å². The maximum atomic E-state index is 13.4. The minimum atomic E-state index is -2.13. The Kier molecular flexibility index (Phi) is 3.94. The molecule has 0 aliphatic carbocycles. The van der Waals surface area contributed by atoms with Crippen molar-refractivity contribution in [1.82, 2.24) is 0 Å². The Balaban J connectivity index is 3.34. The summed E-state index contributed by atoms with van der Waals surface area (Å²) < 4.78 is 26.7. The van der Waals surface area contributed by atoms with Crippen LogP contribution in [0.15, 0.2) is 17.7 Å². The third-order valence-corrected chi connectivity index (χ3v) is 1.96. The average molecular weight is 234 g/mol. The van der Waals surface area contributed by atoms with E-state index >= 15 is 0 Å². The van der Waals surface area contributed by atoms with Crippen molar-refractivity contribution in [2.45, 2.75) is 0 Å². The second kappa shape index (κ2) is 5.22. The molecule has 0 aliphatic heterocycles. The van der Waals surface area contributed by atoms with Gasteiger partial charge in [0.1, 0.15) is 17.7 Å². The largest absolute Gasteiger partial charge is 0.491 e. The highest BCUT2D eigenvalue weighted by Crippen LogP contribution is 2.13. The molecule has 1 aromatic carbocycles. The molecular weight excluding hydrogens is 229 g/mol. The maximum absolute atomic E-state index is 13.4. The highest BCUT2D eigenvalue weighted by molar-refractivity contribution is 6.58. The first-order valence-electron chi connectivity index (χ1n) is 4.37. The smallest absolute Gasteiger partial charge is 0.423 e. The van der Waals surface area contributed by atoms with E-state index in [1.54, 1.807) is 0 Å². The van der Waals surface area contributed by atoms with Crippen LogP contribution in [0.25, 0.3) is 6.08 Å². The van der Waals surface area contributed by atoms with E-state index in [1.807, 2.05) is 0 Å². The Labute approximate surface area is 95.8 Å². The van der Waals surface area contributed by atoms with Crippen LogP contribution in [-0.2, 0) is 0 Å². The second-order valence-corrected chi connectivity index (χ2v) is 3.03. The topological polar surface area (TPSA) is 88.0 Å². The predicted octanol–water partition coefficient (Wildman–Crippen LogP) is 0.0752. The van der Waals surface area contributed by atoms with Gasteiger partial charge in [-0.05, 0) is 6.08 Å². The van der Waals surface area contributed by atoms with Crippen LogP contribution in [0.5, 0.6) is 0 Å². The van der Waals surface area contributed by atoms with Crippen molar-refractivity contribution in [3.63, 3.8) is 0 Å². The van der Waals surface area contributed by atoms with Crippen molar-refractivity contribution in [2.75, 3.05) is 0 Å². The van der Waals surface area contributed by atoms with Gasteiger partial charge < -0.3 is 10.0 Å². The molecule has 0 unspecified atom stereocenters. The number of hydrogen-bond acceptors (Lipinski definition) is 4. The summed E-state index contributed by atoms with van der Waals surface area (Å²) in [5.41, 5.74) is -1.32. The summed E-state index contributed by atoms with van der Waals surface area (Å²) >= 11 is 0. The van der Waals surface area contributed by atoms with E-state index in [0.29, 0.717) is 0 Å². The molecule has 0 radical (unpaired) electrons. The van der Waals surface area contributed by atoms with E-state index in [9.17, 15) is 8.78 Å². The Hall–Kier alpha value is -2.22. The van der Waals surface area contributed by atoms with Crippen LogP contribution in [0.2, 0.25) is 0 Å². The number of benzene rings is 1. The lowest BCUT2D eigenvalue weighted by molar-refractivity contribution is 0.420. The zero-order chi connectivity index (χ0) is 13.0. The maximum Gasteiger partial charge on any atom is 0.491 e. The lowest BCUT2D eigenvalue weighted by Gasteiger charge is -2.04. The molecule has 1 aromatic rings. The summed E-state index contributed by atoms with van der Waals surface area (Å²) in [5.74, 6) is -2.78. The lowest BCUT2D eigenvalue weighted by atomic mass is 9.79. The van der Waals surface area contributed by atoms with Gasteiger partial charge in [-0.25, -0.2) is 8.78 Å². The number of halogens is 2. The zero-order valence-electron chi connectivity index (χ0n) is 8.35. The van der Waals surface area contributed by atoms with Gasteiger partial charge in [0.05, 0.1) is 0 Å². The average Bonchev–Trinajstić information content (AvgIpc) is 2.30. The van der Waals surface area contributed by atoms with Gasteiger partial charge >= 0.3 is 7.12 Å². The van der Waals surface area contributed by atoms with Gasteiger partial charge in [-0.1, -0.05) is 12.1 Å². The Morgan fingerprint density at radius 1 is 1.18 bits per heavy atom. The molecule has 2 N–H and O–H groups in total. The molecule has 0 saturated heterocycles. The molecule has 0 aliphatic rings. The van der Waals surface area contributed by atoms with Crippen LogP contribution in [-0.4, -0.2) is 17.2 Å². The van der Waals surface area contributed by atoms with Crippen molar-refractivity contribution in [3.8, 4) is 12.1 Å². The molecule has 17 heavy (non-hydrogen) atoms. The first kappa shape index (κ1) is 12.9. The lowest BCUT2D eigenvalue weighted by Crippen LogP contribution is -2.33. The van der Waals surface area contributed by atoms with E-state index in [2.05, 4.69) is 0 Å². The van der Waals surface area contributed by atoms with Gasteiger partial charge in [0.15, 0.2) is 11.6 Å². The minimum Gasteiger partial charge on any atom is -0.423 e. The predicted molar refractivity (Wildman–Crippen MR) is 55.4 cm³/mol. The van der Waals surface area contributed by atoms with Crippen molar-refractivity contribution < 1.29 is 18.8 Å². The van der Waals surface area contributed by atoms with E-state index in [-0.39, 0.29) is 11.1 Å². The fraction of sp³-hybridized carbons (Fsp3) is 0. The fourth-order valence-corrected chi connectivity index (χ4v) is 1.14. The van der Waals surface area contributed by atoms with Crippen LogP contribution in [0.3, 0.4) is 0 Å². The van der Waals surface area contributed by atoms with Crippen molar-refractivity contribution in [1.29, 1.82) is 10.5 Å². The third kappa shape index (κ3) is 2.67. The number of nitrogens with zero attached hydrogens (tertiary/aromatic N) is 2. The Morgan fingerprint density at radius 3 is 2.24 bits per heavy atom. The molecule has 4 nitrogen and oxygen atoms in total. The van der Waals surface area contributed by atoms with Crippen LogP contribution < -0.4 is 5.46 Å². The number of hydrogen-bond donors (Lipinski definition) is 2. The molecular formula is C10H5BF2N2O2. The van der Waals surface area contributed by atoms with Crippen LogP contribution >= 0.6 is 0 Å². The van der Waals surface area contributed by atoms with Crippen molar-refractivity contribution in [2.24, 2.45) is 0 Å². The van der Waals surface area contributed by atoms with Crippen molar-refractivity contribution >= 4 is 18.7 Å². The van der Waals surface area contributed by atoms with Crippen molar-refractivity contribution in [3.05, 3.63) is 34.9 Å². The molecule has 0 aromatic heterocycles. The second-order valence-electron chi connectivity index (χ2n) is 3.03. The fourth-order valence-electron chi connectivity index (χ4n) is 1.14. The third-order valence-electron chi connectivity index (χ3n) is 1.96. The van der Waals surface area contributed by atoms with E-state index in [4.69, 9.17) is 20.6 Å². The first-order chi connectivity index (χ1) is 8.01. The Bertz CT molecular complexity index is 543. The quantitative estimate of drug-likeness (QED) is 0.560. The van der Waals surface area contributed by atoms with Gasteiger partial charge in [0, 0.05) is 11.0 Å². The highest BCUT2D eigenvalue weighted by atomic mass is 19.2. The number of allylic oxidation sites excluding steroid dienone is 1. The van der Waals surface area contributed by atoms with Gasteiger partial charge in [-0.3, -0.25) is 0 Å². The summed E-state index contributed by atoms with van der Waals surface area (Å²) in [7, 11) is -2.13. The molecule has 0 saturated carbocycles. The molecule has 0 fully saturated rings. The van der Waals surface area contributed by atoms with Crippen LogP contribution in [0.4, 0.5) is 8.78 Å². The SMILES string of the molecule is N#CC(C#N)=Cc1ccc(B(O)O)c(F)c1F. The molecule has 0 amide bonds. The molecule has 7 heteroatoms. The van der Waals surface area contributed by atoms with E-state index in [1.165, 1.54) is 12.1 Å². The monoisotopic (exact) mass is 234 g/mol. The normalized spacial score (nSPS) is 9.06. The summed E-state index contributed by atoms with van der Waals surface area (Å²) in [6.45, 7) is 0. The Morgan fingerprint density at radius 2 is 1.76 bits per heavy atom.